The van der Waals surface area contributed by atoms with Gasteiger partial charge in [0.05, 0.1) is 0 Å². The number of hydrogen-bond acceptors (Lipinski definition) is 2. The molecule has 2 aliphatic rings. The Balaban J connectivity index is 0.00000161. The Labute approximate surface area is 131 Å². The summed E-state index contributed by atoms with van der Waals surface area (Å²) in [6.45, 7) is 4.09. The molecule has 1 aliphatic heterocycles. The number of piperidine rings is 1. The van der Waals surface area contributed by atoms with Crippen molar-refractivity contribution in [3.63, 3.8) is 0 Å². The fourth-order valence-corrected chi connectivity index (χ4v) is 3.04. The molecule has 5 heteroatoms. The van der Waals surface area contributed by atoms with Crippen LogP contribution < -0.4 is 10.6 Å². The van der Waals surface area contributed by atoms with E-state index in [0.717, 1.165) is 31.5 Å². The van der Waals surface area contributed by atoms with Gasteiger partial charge in [0.2, 0.25) is 5.91 Å². The Kier molecular flexibility index (Phi) is 5.22. The number of amides is 1. The first-order valence-corrected chi connectivity index (χ1v) is 7.41. The summed E-state index contributed by atoms with van der Waals surface area (Å²) < 4.78 is 12.9. The molecule has 0 spiro atoms. The Bertz CT molecular complexity index is 494. The monoisotopic (exact) mass is 312 g/mol. The number of carbonyl (C=O) groups is 1. The van der Waals surface area contributed by atoms with Gasteiger partial charge in [-0.1, -0.05) is 19.1 Å². The number of halogens is 2. The van der Waals surface area contributed by atoms with Crippen LogP contribution in [-0.2, 0) is 4.79 Å². The maximum Gasteiger partial charge on any atom is 0.224 e. The highest BCUT2D eigenvalue weighted by Crippen LogP contribution is 2.47. The SMILES string of the molecule is CC1CCNCC1NC(=O)C1CC1c1ccc(F)cc1.Cl. The first-order valence-electron chi connectivity index (χ1n) is 7.41. The van der Waals surface area contributed by atoms with Crippen molar-refractivity contribution in [3.05, 3.63) is 35.6 Å². The predicted octanol–water partition coefficient (Wildman–Crippen LogP) is 2.47. The van der Waals surface area contributed by atoms with E-state index in [-0.39, 0.29) is 42.0 Å². The van der Waals surface area contributed by atoms with Gasteiger partial charge in [-0.05, 0) is 48.9 Å². The third-order valence-corrected chi connectivity index (χ3v) is 4.58. The van der Waals surface area contributed by atoms with E-state index in [2.05, 4.69) is 17.6 Å². The number of rotatable bonds is 3. The molecule has 1 aliphatic carbocycles. The molecule has 3 rings (SSSR count). The van der Waals surface area contributed by atoms with Crippen molar-refractivity contribution in [1.82, 2.24) is 10.6 Å². The van der Waals surface area contributed by atoms with Crippen LogP contribution in [0.3, 0.4) is 0 Å². The van der Waals surface area contributed by atoms with Gasteiger partial charge in [0, 0.05) is 18.5 Å². The van der Waals surface area contributed by atoms with Crippen molar-refractivity contribution >= 4 is 18.3 Å². The molecule has 1 heterocycles. The van der Waals surface area contributed by atoms with Crippen LogP contribution in [0.4, 0.5) is 4.39 Å². The molecule has 2 N–H and O–H groups in total. The van der Waals surface area contributed by atoms with Crippen molar-refractivity contribution in [2.45, 2.75) is 31.7 Å². The number of nitrogens with one attached hydrogen (secondary N) is 2. The molecule has 21 heavy (non-hydrogen) atoms. The first-order chi connectivity index (χ1) is 9.65. The highest BCUT2D eigenvalue weighted by atomic mass is 35.5. The Morgan fingerprint density at radius 1 is 1.33 bits per heavy atom. The van der Waals surface area contributed by atoms with Gasteiger partial charge in [-0.15, -0.1) is 12.4 Å². The summed E-state index contributed by atoms with van der Waals surface area (Å²) in [6, 6.07) is 6.76. The molecule has 1 aromatic carbocycles. The van der Waals surface area contributed by atoms with E-state index >= 15 is 0 Å². The minimum absolute atomic E-state index is 0. The fraction of sp³-hybridized carbons (Fsp3) is 0.562. The van der Waals surface area contributed by atoms with Crippen molar-refractivity contribution in [2.75, 3.05) is 13.1 Å². The van der Waals surface area contributed by atoms with Crippen LogP contribution in [0.25, 0.3) is 0 Å². The molecule has 0 radical (unpaired) electrons. The lowest BCUT2D eigenvalue weighted by Crippen LogP contribution is -2.50. The molecule has 116 valence electrons. The van der Waals surface area contributed by atoms with E-state index in [1.54, 1.807) is 12.1 Å². The summed E-state index contributed by atoms with van der Waals surface area (Å²) in [5.74, 6) is 0.789. The van der Waals surface area contributed by atoms with Crippen LogP contribution in [0.15, 0.2) is 24.3 Å². The van der Waals surface area contributed by atoms with E-state index < -0.39 is 0 Å². The second-order valence-electron chi connectivity index (χ2n) is 6.09. The smallest absolute Gasteiger partial charge is 0.224 e. The zero-order valence-electron chi connectivity index (χ0n) is 12.1. The summed E-state index contributed by atoms with van der Waals surface area (Å²) >= 11 is 0. The molecule has 1 amide bonds. The van der Waals surface area contributed by atoms with Crippen molar-refractivity contribution in [1.29, 1.82) is 0 Å². The Morgan fingerprint density at radius 2 is 2.05 bits per heavy atom. The third kappa shape index (κ3) is 3.74. The Morgan fingerprint density at radius 3 is 2.71 bits per heavy atom. The highest BCUT2D eigenvalue weighted by molar-refractivity contribution is 5.85. The van der Waals surface area contributed by atoms with Crippen molar-refractivity contribution in [2.24, 2.45) is 11.8 Å². The summed E-state index contributed by atoms with van der Waals surface area (Å²) in [4.78, 5) is 12.3. The van der Waals surface area contributed by atoms with Gasteiger partial charge < -0.3 is 10.6 Å². The summed E-state index contributed by atoms with van der Waals surface area (Å²) in [5, 5.41) is 6.49. The first kappa shape index (κ1) is 16.2. The lowest BCUT2D eigenvalue weighted by Gasteiger charge is -2.30. The molecule has 1 saturated heterocycles. The molecule has 1 aromatic rings. The van der Waals surface area contributed by atoms with Gasteiger partial charge in [-0.2, -0.15) is 0 Å². The topological polar surface area (TPSA) is 41.1 Å². The van der Waals surface area contributed by atoms with Crippen LogP contribution in [0, 0.1) is 17.7 Å². The van der Waals surface area contributed by atoms with Crippen LogP contribution in [0.5, 0.6) is 0 Å². The molecule has 0 bridgehead atoms. The highest BCUT2D eigenvalue weighted by Gasteiger charge is 2.44. The minimum Gasteiger partial charge on any atom is -0.352 e. The summed E-state index contributed by atoms with van der Waals surface area (Å²) in [5.41, 5.74) is 1.07. The predicted molar refractivity (Wildman–Crippen MR) is 83.1 cm³/mol. The third-order valence-electron chi connectivity index (χ3n) is 4.58. The largest absolute Gasteiger partial charge is 0.352 e. The Hall–Kier alpha value is -1.13. The summed E-state index contributed by atoms with van der Waals surface area (Å²) in [7, 11) is 0. The van der Waals surface area contributed by atoms with Gasteiger partial charge in [0.1, 0.15) is 5.82 Å². The van der Waals surface area contributed by atoms with Crippen molar-refractivity contribution < 1.29 is 9.18 Å². The van der Waals surface area contributed by atoms with Gasteiger partial charge in [-0.25, -0.2) is 4.39 Å². The molecule has 1 saturated carbocycles. The summed E-state index contributed by atoms with van der Waals surface area (Å²) in [6.07, 6.45) is 1.99. The zero-order chi connectivity index (χ0) is 14.1. The van der Waals surface area contributed by atoms with Gasteiger partial charge in [0.25, 0.3) is 0 Å². The van der Waals surface area contributed by atoms with Crippen LogP contribution in [0.2, 0.25) is 0 Å². The van der Waals surface area contributed by atoms with E-state index in [1.807, 2.05) is 0 Å². The average Bonchev–Trinajstić information content (AvgIpc) is 3.23. The minimum atomic E-state index is -0.225. The second kappa shape index (κ2) is 6.75. The van der Waals surface area contributed by atoms with Crippen LogP contribution >= 0.6 is 12.4 Å². The molecule has 4 atom stereocenters. The maximum absolute atomic E-state index is 12.9. The van der Waals surface area contributed by atoms with Crippen LogP contribution in [0.1, 0.15) is 31.2 Å². The zero-order valence-corrected chi connectivity index (χ0v) is 13.0. The number of benzene rings is 1. The maximum atomic E-state index is 12.9. The van der Waals surface area contributed by atoms with Gasteiger partial charge in [0.15, 0.2) is 0 Å². The molecule has 2 fully saturated rings. The van der Waals surface area contributed by atoms with E-state index in [9.17, 15) is 9.18 Å². The van der Waals surface area contributed by atoms with Crippen molar-refractivity contribution in [3.8, 4) is 0 Å². The lowest BCUT2D eigenvalue weighted by molar-refractivity contribution is -0.123. The molecular formula is C16H22ClFN2O. The molecule has 3 nitrogen and oxygen atoms in total. The van der Waals surface area contributed by atoms with Crippen LogP contribution in [-0.4, -0.2) is 25.0 Å². The number of carbonyl (C=O) groups excluding carboxylic acids is 1. The van der Waals surface area contributed by atoms with E-state index in [1.165, 1.54) is 12.1 Å². The van der Waals surface area contributed by atoms with Gasteiger partial charge >= 0.3 is 0 Å². The fourth-order valence-electron chi connectivity index (χ4n) is 3.04. The lowest BCUT2D eigenvalue weighted by atomic mass is 9.94. The van der Waals surface area contributed by atoms with Gasteiger partial charge in [-0.3, -0.25) is 4.79 Å². The molecular weight excluding hydrogens is 291 g/mol. The second-order valence-corrected chi connectivity index (χ2v) is 6.09. The van der Waals surface area contributed by atoms with E-state index in [4.69, 9.17) is 0 Å². The van der Waals surface area contributed by atoms with E-state index in [0.29, 0.717) is 5.92 Å². The molecule has 0 aromatic heterocycles. The quantitative estimate of drug-likeness (QED) is 0.900. The molecule has 4 unspecified atom stereocenters. The average molecular weight is 313 g/mol. The number of hydrogen-bond donors (Lipinski definition) is 2. The standard InChI is InChI=1S/C16H21FN2O.ClH/c1-10-6-7-18-9-15(10)19-16(20)14-8-13(14)11-2-4-12(17)5-3-11;/h2-5,10,13-15,18H,6-9H2,1H3,(H,19,20);1H. The normalized spacial score (nSPS) is 31.1.